The van der Waals surface area contributed by atoms with E-state index in [-0.39, 0.29) is 0 Å². The molecule has 2 aromatic carbocycles. The van der Waals surface area contributed by atoms with Gasteiger partial charge in [-0.15, -0.1) is 0 Å². The molecule has 0 bridgehead atoms. The first-order chi connectivity index (χ1) is 14.7. The number of benzene rings is 2. The lowest BCUT2D eigenvalue weighted by Gasteiger charge is -2.27. The summed E-state index contributed by atoms with van der Waals surface area (Å²) in [6.07, 6.45) is 4.27. The number of pyridine rings is 1. The zero-order chi connectivity index (χ0) is 20.5. The van der Waals surface area contributed by atoms with E-state index in [0.717, 1.165) is 30.3 Å². The molecule has 0 N–H and O–H groups in total. The number of aromatic nitrogens is 1. The molecular weight excluding hydrogens is 372 g/mol. The Bertz CT molecular complexity index is 1060. The topological polar surface area (TPSA) is 34.6 Å². The maximum Gasteiger partial charge on any atom is 0.161 e. The molecule has 4 heteroatoms. The lowest BCUT2D eigenvalue weighted by atomic mass is 9.97. The molecular formula is C26H28N2O2. The zero-order valence-corrected chi connectivity index (χ0v) is 17.7. The van der Waals surface area contributed by atoms with Crippen LogP contribution >= 0.6 is 0 Å². The lowest BCUT2D eigenvalue weighted by molar-refractivity contribution is 0.170. The summed E-state index contributed by atoms with van der Waals surface area (Å²) in [5.74, 6) is 1.75. The van der Waals surface area contributed by atoms with Crippen LogP contribution in [0.3, 0.4) is 0 Å². The summed E-state index contributed by atoms with van der Waals surface area (Å²) in [6, 6.07) is 17.9. The summed E-state index contributed by atoms with van der Waals surface area (Å²) in [5.41, 5.74) is 7.56. The number of aryl methyl sites for hydroxylation is 2. The second-order valence-corrected chi connectivity index (χ2v) is 8.32. The van der Waals surface area contributed by atoms with Crippen molar-refractivity contribution in [1.29, 1.82) is 0 Å². The van der Waals surface area contributed by atoms with Crippen molar-refractivity contribution < 1.29 is 9.47 Å². The average Bonchev–Trinajstić information content (AvgIpc) is 3.22. The third kappa shape index (κ3) is 3.68. The molecule has 1 saturated heterocycles. The van der Waals surface area contributed by atoms with Gasteiger partial charge in [0.15, 0.2) is 11.5 Å². The molecule has 1 aromatic heterocycles. The van der Waals surface area contributed by atoms with Crippen LogP contribution in [0, 0.1) is 13.8 Å². The van der Waals surface area contributed by atoms with Gasteiger partial charge in [-0.1, -0.05) is 30.3 Å². The van der Waals surface area contributed by atoms with E-state index in [2.05, 4.69) is 66.2 Å². The minimum Gasteiger partial charge on any atom is -0.486 e. The van der Waals surface area contributed by atoms with E-state index in [1.165, 1.54) is 40.7 Å². The molecule has 3 heterocycles. The van der Waals surface area contributed by atoms with E-state index < -0.39 is 0 Å². The molecule has 1 fully saturated rings. The summed E-state index contributed by atoms with van der Waals surface area (Å²) in [4.78, 5) is 7.04. The van der Waals surface area contributed by atoms with E-state index in [1.54, 1.807) is 0 Å². The van der Waals surface area contributed by atoms with Crippen LogP contribution in [-0.4, -0.2) is 29.6 Å². The molecule has 3 aromatic rings. The molecule has 2 aliphatic rings. The first-order valence-electron chi connectivity index (χ1n) is 10.8. The van der Waals surface area contributed by atoms with Gasteiger partial charge in [-0.25, -0.2) is 0 Å². The average molecular weight is 401 g/mol. The van der Waals surface area contributed by atoms with Crippen LogP contribution in [0.1, 0.15) is 41.3 Å². The molecule has 0 aliphatic carbocycles. The number of likely N-dealkylation sites (tertiary alicyclic amines) is 1. The van der Waals surface area contributed by atoms with Crippen molar-refractivity contribution in [1.82, 2.24) is 9.88 Å². The summed E-state index contributed by atoms with van der Waals surface area (Å²) in [7, 11) is 0. The highest BCUT2D eigenvalue weighted by Gasteiger charge is 2.27. The summed E-state index contributed by atoms with van der Waals surface area (Å²) in [6.45, 7) is 7.63. The highest BCUT2D eigenvalue weighted by atomic mass is 16.6. The second-order valence-electron chi connectivity index (χ2n) is 8.32. The van der Waals surface area contributed by atoms with Gasteiger partial charge < -0.3 is 9.47 Å². The molecule has 30 heavy (non-hydrogen) atoms. The monoisotopic (exact) mass is 400 g/mol. The van der Waals surface area contributed by atoms with Crippen molar-refractivity contribution in [3.8, 4) is 22.6 Å². The van der Waals surface area contributed by atoms with Crippen molar-refractivity contribution in [3.05, 3.63) is 77.1 Å². The fourth-order valence-corrected chi connectivity index (χ4v) is 4.79. The fourth-order valence-electron chi connectivity index (χ4n) is 4.79. The van der Waals surface area contributed by atoms with Gasteiger partial charge in [-0.05, 0) is 73.7 Å². The van der Waals surface area contributed by atoms with Crippen LogP contribution < -0.4 is 9.47 Å². The standard InChI is InChI=1S/C26H28N2O2/c1-18-15-20(7-9-22(18)23-5-3-11-27-19(23)2)17-28-12-4-6-24(28)21-8-10-25-26(16-21)30-14-13-29-25/h3,5,7-11,15-16,24H,4,6,12-14,17H2,1-2H3. The molecule has 0 radical (unpaired) electrons. The number of hydrogen-bond donors (Lipinski definition) is 0. The third-order valence-corrected chi connectivity index (χ3v) is 6.29. The van der Waals surface area contributed by atoms with Gasteiger partial charge in [0.2, 0.25) is 0 Å². The zero-order valence-electron chi connectivity index (χ0n) is 17.7. The summed E-state index contributed by atoms with van der Waals surface area (Å²) >= 11 is 0. The van der Waals surface area contributed by atoms with Crippen molar-refractivity contribution in [2.45, 2.75) is 39.3 Å². The van der Waals surface area contributed by atoms with Crippen molar-refractivity contribution >= 4 is 0 Å². The van der Waals surface area contributed by atoms with E-state index >= 15 is 0 Å². The van der Waals surface area contributed by atoms with Crippen LogP contribution in [0.2, 0.25) is 0 Å². The number of hydrogen-bond acceptors (Lipinski definition) is 4. The maximum atomic E-state index is 5.81. The Labute approximate surface area is 178 Å². The van der Waals surface area contributed by atoms with Crippen molar-refractivity contribution in [2.24, 2.45) is 0 Å². The van der Waals surface area contributed by atoms with Gasteiger partial charge in [-0.2, -0.15) is 0 Å². The van der Waals surface area contributed by atoms with E-state index in [4.69, 9.17) is 9.47 Å². The summed E-state index contributed by atoms with van der Waals surface area (Å²) < 4.78 is 11.5. The Morgan fingerprint density at radius 2 is 1.83 bits per heavy atom. The molecule has 1 atom stereocenters. The molecule has 0 amide bonds. The van der Waals surface area contributed by atoms with Gasteiger partial charge in [0.1, 0.15) is 13.2 Å². The van der Waals surface area contributed by atoms with Gasteiger partial charge in [0, 0.05) is 30.0 Å². The molecule has 0 saturated carbocycles. The van der Waals surface area contributed by atoms with Gasteiger partial charge in [0.05, 0.1) is 0 Å². The van der Waals surface area contributed by atoms with Gasteiger partial charge >= 0.3 is 0 Å². The normalized spacial score (nSPS) is 18.5. The quantitative estimate of drug-likeness (QED) is 0.581. The minimum atomic E-state index is 0.432. The number of fused-ring (bicyclic) bond motifs is 1. The molecule has 5 rings (SSSR count). The fraction of sp³-hybridized carbons (Fsp3) is 0.346. The first-order valence-corrected chi connectivity index (χ1v) is 10.8. The second kappa shape index (κ2) is 8.11. The number of ether oxygens (including phenoxy) is 2. The predicted octanol–water partition coefficient (Wildman–Crippen LogP) is 5.47. The highest BCUT2D eigenvalue weighted by Crippen LogP contribution is 2.39. The molecule has 154 valence electrons. The van der Waals surface area contributed by atoms with Crippen molar-refractivity contribution in [2.75, 3.05) is 19.8 Å². The Morgan fingerprint density at radius 3 is 2.67 bits per heavy atom. The largest absolute Gasteiger partial charge is 0.486 e. The van der Waals surface area contributed by atoms with Crippen LogP contribution in [0.5, 0.6) is 11.5 Å². The summed E-state index contributed by atoms with van der Waals surface area (Å²) in [5, 5.41) is 0. The van der Waals surface area contributed by atoms with Crippen LogP contribution in [0.15, 0.2) is 54.7 Å². The first kappa shape index (κ1) is 19.1. The molecule has 2 aliphatic heterocycles. The van der Waals surface area contributed by atoms with E-state index in [1.807, 2.05) is 12.3 Å². The van der Waals surface area contributed by atoms with Crippen molar-refractivity contribution in [3.63, 3.8) is 0 Å². The van der Waals surface area contributed by atoms with Gasteiger partial charge in [-0.3, -0.25) is 9.88 Å². The third-order valence-electron chi connectivity index (χ3n) is 6.29. The van der Waals surface area contributed by atoms with E-state index in [9.17, 15) is 0 Å². The Balaban J connectivity index is 1.36. The number of nitrogens with zero attached hydrogens (tertiary/aromatic N) is 2. The predicted molar refractivity (Wildman–Crippen MR) is 119 cm³/mol. The lowest BCUT2D eigenvalue weighted by Crippen LogP contribution is -2.23. The van der Waals surface area contributed by atoms with Gasteiger partial charge in [0.25, 0.3) is 0 Å². The van der Waals surface area contributed by atoms with Crippen LogP contribution in [-0.2, 0) is 6.54 Å². The molecule has 4 nitrogen and oxygen atoms in total. The van der Waals surface area contributed by atoms with E-state index in [0.29, 0.717) is 19.3 Å². The van der Waals surface area contributed by atoms with Crippen LogP contribution in [0.25, 0.3) is 11.1 Å². The SMILES string of the molecule is Cc1cc(CN2CCCC2c2ccc3c(c2)OCCO3)ccc1-c1cccnc1C. The Morgan fingerprint density at radius 1 is 0.967 bits per heavy atom. The van der Waals surface area contributed by atoms with Crippen LogP contribution in [0.4, 0.5) is 0 Å². The smallest absolute Gasteiger partial charge is 0.161 e. The molecule has 1 unspecified atom stereocenters. The highest BCUT2D eigenvalue weighted by molar-refractivity contribution is 5.69. The maximum absolute atomic E-state index is 5.81. The minimum absolute atomic E-state index is 0.432. The Kier molecular flexibility index (Phi) is 5.17. The number of rotatable bonds is 4. The molecule has 0 spiro atoms. The Hall–Kier alpha value is -2.85.